The van der Waals surface area contributed by atoms with Gasteiger partial charge >= 0.3 is 0 Å². The highest BCUT2D eigenvalue weighted by Crippen LogP contribution is 2.41. The molecule has 188 valence electrons. The van der Waals surface area contributed by atoms with Gasteiger partial charge in [-0.05, 0) is 48.9 Å². The number of aromatic nitrogens is 2. The number of benzene rings is 3. The van der Waals surface area contributed by atoms with Gasteiger partial charge in [-0.15, -0.1) is 0 Å². The highest BCUT2D eigenvalue weighted by Gasteiger charge is 2.18. The van der Waals surface area contributed by atoms with Crippen LogP contribution in [0.1, 0.15) is 28.4 Å². The van der Waals surface area contributed by atoms with Gasteiger partial charge in [0.05, 0.1) is 29.8 Å². The number of anilines is 2. The number of fused-ring (bicyclic) bond motifs is 1. The van der Waals surface area contributed by atoms with E-state index in [9.17, 15) is 4.79 Å². The average Bonchev–Trinajstić information content (AvgIpc) is 3.27. The molecule has 1 atom stereocenters. The Bertz CT molecular complexity index is 1360. The maximum atomic E-state index is 12.8. The number of hydrogen-bond donors (Lipinski definition) is 4. The van der Waals surface area contributed by atoms with E-state index in [1.165, 1.54) is 0 Å². The molecule has 36 heavy (non-hydrogen) atoms. The summed E-state index contributed by atoms with van der Waals surface area (Å²) in [5.41, 5.74) is 9.59. The average molecular weight is 528 g/mol. The van der Waals surface area contributed by atoms with E-state index in [1.807, 2.05) is 37.3 Å². The molecule has 5 N–H and O–H groups in total. The van der Waals surface area contributed by atoms with Gasteiger partial charge in [0, 0.05) is 47.3 Å². The molecule has 4 aromatic rings. The molecule has 0 saturated heterocycles. The fraction of sp³-hybridized carbons (Fsp3) is 0.231. The van der Waals surface area contributed by atoms with Gasteiger partial charge in [-0.1, -0.05) is 29.3 Å². The number of H-pyrrole nitrogens is 1. The fourth-order valence-electron chi connectivity index (χ4n) is 3.77. The number of methoxy groups -OCH3 is 2. The second-order valence-corrected chi connectivity index (χ2v) is 9.16. The maximum absolute atomic E-state index is 12.8. The van der Waals surface area contributed by atoms with Crippen LogP contribution in [0.4, 0.5) is 11.5 Å². The number of halogens is 2. The Labute approximate surface area is 219 Å². The number of amides is 1. The SMILES string of the molecule is COc1cc(OC)c(Cl)c(Cc2ccc3c(NC(=O)c4ccc(NC[C@@H](C)N)cc4)n[nH]c3c2)c1Cl. The predicted molar refractivity (Wildman–Crippen MR) is 145 cm³/mol. The van der Waals surface area contributed by atoms with Crippen molar-refractivity contribution < 1.29 is 14.3 Å². The Kier molecular flexibility index (Phi) is 7.88. The molecule has 3 aromatic carbocycles. The second kappa shape index (κ2) is 11.1. The van der Waals surface area contributed by atoms with E-state index in [2.05, 4.69) is 20.8 Å². The van der Waals surface area contributed by atoms with Crippen molar-refractivity contribution in [3.05, 3.63) is 75.3 Å². The number of aromatic amines is 1. The summed E-state index contributed by atoms with van der Waals surface area (Å²) in [5, 5.41) is 15.0. The molecule has 1 amide bonds. The lowest BCUT2D eigenvalue weighted by molar-refractivity contribution is 0.102. The molecule has 1 heterocycles. The smallest absolute Gasteiger partial charge is 0.256 e. The van der Waals surface area contributed by atoms with Crippen LogP contribution >= 0.6 is 23.2 Å². The lowest BCUT2D eigenvalue weighted by Crippen LogP contribution is -2.25. The van der Waals surface area contributed by atoms with Crippen LogP contribution in [0.3, 0.4) is 0 Å². The van der Waals surface area contributed by atoms with Crippen molar-refractivity contribution >= 4 is 51.5 Å². The van der Waals surface area contributed by atoms with Gasteiger partial charge < -0.3 is 25.8 Å². The third-order valence-electron chi connectivity index (χ3n) is 5.68. The van der Waals surface area contributed by atoms with Gasteiger partial charge in [0.2, 0.25) is 0 Å². The van der Waals surface area contributed by atoms with E-state index in [4.69, 9.17) is 38.4 Å². The van der Waals surface area contributed by atoms with Crippen LogP contribution in [0.2, 0.25) is 10.0 Å². The predicted octanol–water partition coefficient (Wildman–Crippen LogP) is 5.49. The highest BCUT2D eigenvalue weighted by molar-refractivity contribution is 6.38. The van der Waals surface area contributed by atoms with Gasteiger partial charge in [0.25, 0.3) is 5.91 Å². The summed E-state index contributed by atoms with van der Waals surface area (Å²) < 4.78 is 10.7. The summed E-state index contributed by atoms with van der Waals surface area (Å²) in [6.45, 7) is 2.57. The molecule has 0 aliphatic heterocycles. The van der Waals surface area contributed by atoms with Crippen LogP contribution in [-0.4, -0.2) is 42.9 Å². The molecule has 0 bridgehead atoms. The van der Waals surface area contributed by atoms with Gasteiger partial charge in [0.1, 0.15) is 11.5 Å². The molecular weight excluding hydrogens is 501 g/mol. The molecule has 0 aliphatic rings. The Morgan fingerprint density at radius 3 is 2.33 bits per heavy atom. The fourth-order valence-corrected chi connectivity index (χ4v) is 4.40. The molecule has 0 saturated carbocycles. The van der Waals surface area contributed by atoms with Gasteiger partial charge in [-0.3, -0.25) is 9.89 Å². The van der Waals surface area contributed by atoms with Crippen molar-refractivity contribution in [1.82, 2.24) is 10.2 Å². The minimum atomic E-state index is -0.256. The van der Waals surface area contributed by atoms with Crippen molar-refractivity contribution in [2.75, 3.05) is 31.4 Å². The number of carbonyl (C=O) groups excluding carboxylic acids is 1. The van der Waals surface area contributed by atoms with E-state index in [0.29, 0.717) is 51.5 Å². The molecule has 0 fully saturated rings. The minimum Gasteiger partial charge on any atom is -0.495 e. The summed E-state index contributed by atoms with van der Waals surface area (Å²) in [6, 6.07) is 14.7. The first-order chi connectivity index (χ1) is 17.3. The van der Waals surface area contributed by atoms with Crippen molar-refractivity contribution in [1.29, 1.82) is 0 Å². The first-order valence-corrected chi connectivity index (χ1v) is 12.0. The van der Waals surface area contributed by atoms with Crippen LogP contribution in [-0.2, 0) is 6.42 Å². The van der Waals surface area contributed by atoms with Crippen molar-refractivity contribution in [3.63, 3.8) is 0 Å². The van der Waals surface area contributed by atoms with Crippen molar-refractivity contribution in [2.45, 2.75) is 19.4 Å². The molecule has 0 spiro atoms. The van der Waals surface area contributed by atoms with E-state index < -0.39 is 0 Å². The van der Waals surface area contributed by atoms with Crippen molar-refractivity contribution in [3.8, 4) is 11.5 Å². The van der Waals surface area contributed by atoms with Crippen LogP contribution in [0, 0.1) is 0 Å². The molecule has 10 heteroatoms. The first kappa shape index (κ1) is 25.6. The zero-order valence-electron chi connectivity index (χ0n) is 20.1. The number of hydrogen-bond acceptors (Lipinski definition) is 6. The van der Waals surface area contributed by atoms with Gasteiger partial charge in [-0.2, -0.15) is 5.10 Å². The van der Waals surface area contributed by atoms with E-state index in [1.54, 1.807) is 32.4 Å². The third-order valence-corrected chi connectivity index (χ3v) is 6.51. The second-order valence-electron chi connectivity index (χ2n) is 8.41. The standard InChI is InChI=1S/C26H27Cl2N5O3/c1-14(29)13-30-17-7-5-16(6-8-17)26(34)31-25-18-9-4-15(11-20(18)32-33-25)10-19-23(27)21(35-2)12-22(36-3)24(19)28/h4-9,11-12,14,30H,10,13,29H2,1-3H3,(H2,31,32,33,34)/t14-/m1/s1. The molecular formula is C26H27Cl2N5O3. The Balaban J connectivity index is 1.52. The largest absolute Gasteiger partial charge is 0.495 e. The highest BCUT2D eigenvalue weighted by atomic mass is 35.5. The Hall–Kier alpha value is -3.46. The van der Waals surface area contributed by atoms with E-state index in [-0.39, 0.29) is 11.9 Å². The number of ether oxygens (including phenoxy) is 2. The van der Waals surface area contributed by atoms with E-state index >= 15 is 0 Å². The quantitative estimate of drug-likeness (QED) is 0.229. The van der Waals surface area contributed by atoms with Crippen LogP contribution < -0.4 is 25.8 Å². The molecule has 0 radical (unpaired) electrons. The van der Waals surface area contributed by atoms with Crippen LogP contribution in [0.15, 0.2) is 48.5 Å². The van der Waals surface area contributed by atoms with Crippen LogP contribution in [0.25, 0.3) is 10.9 Å². The Morgan fingerprint density at radius 2 is 1.72 bits per heavy atom. The van der Waals surface area contributed by atoms with E-state index in [0.717, 1.165) is 22.2 Å². The molecule has 4 rings (SSSR count). The number of nitrogens with zero attached hydrogens (tertiary/aromatic N) is 1. The maximum Gasteiger partial charge on any atom is 0.256 e. The third kappa shape index (κ3) is 5.51. The van der Waals surface area contributed by atoms with Gasteiger partial charge in [-0.25, -0.2) is 0 Å². The summed E-state index contributed by atoms with van der Waals surface area (Å²) in [7, 11) is 3.08. The molecule has 0 unspecified atom stereocenters. The first-order valence-electron chi connectivity index (χ1n) is 11.3. The summed E-state index contributed by atoms with van der Waals surface area (Å²) in [4.78, 5) is 12.8. The zero-order chi connectivity index (χ0) is 25.8. The lowest BCUT2D eigenvalue weighted by atomic mass is 10.0. The number of carbonyl (C=O) groups is 1. The summed E-state index contributed by atoms with van der Waals surface area (Å²) in [5.74, 6) is 1.16. The number of nitrogens with two attached hydrogens (primary N) is 1. The number of nitrogens with one attached hydrogen (secondary N) is 3. The monoisotopic (exact) mass is 527 g/mol. The molecule has 1 aromatic heterocycles. The molecule has 0 aliphatic carbocycles. The molecule has 8 nitrogen and oxygen atoms in total. The minimum absolute atomic E-state index is 0.0359. The normalized spacial score (nSPS) is 11.8. The lowest BCUT2D eigenvalue weighted by Gasteiger charge is -2.14. The number of rotatable bonds is 9. The summed E-state index contributed by atoms with van der Waals surface area (Å²) in [6.07, 6.45) is 0.450. The Morgan fingerprint density at radius 1 is 1.06 bits per heavy atom. The zero-order valence-corrected chi connectivity index (χ0v) is 21.6. The van der Waals surface area contributed by atoms with Crippen LogP contribution in [0.5, 0.6) is 11.5 Å². The van der Waals surface area contributed by atoms with Crippen molar-refractivity contribution in [2.24, 2.45) is 5.73 Å². The topological polar surface area (TPSA) is 114 Å². The summed E-state index contributed by atoms with van der Waals surface area (Å²) >= 11 is 13.1. The van der Waals surface area contributed by atoms with Gasteiger partial charge in [0.15, 0.2) is 5.82 Å².